The van der Waals surface area contributed by atoms with Crippen LogP contribution in [0.15, 0.2) is 24.3 Å². The highest BCUT2D eigenvalue weighted by Gasteiger charge is 2.23. The second kappa shape index (κ2) is 8.83. The number of nitrogens with zero attached hydrogens (tertiary/aromatic N) is 2. The third-order valence-corrected chi connectivity index (χ3v) is 5.01. The van der Waals surface area contributed by atoms with Crippen LogP contribution in [0, 0.1) is 0 Å². The summed E-state index contributed by atoms with van der Waals surface area (Å²) in [6, 6.07) is 7.26. The summed E-state index contributed by atoms with van der Waals surface area (Å²) < 4.78 is 10.0. The Kier molecular flexibility index (Phi) is 6.25. The van der Waals surface area contributed by atoms with Crippen molar-refractivity contribution in [1.29, 1.82) is 0 Å². The Balaban J connectivity index is 1.55. The molecule has 144 valence electrons. The third-order valence-electron chi connectivity index (χ3n) is 4.02. The van der Waals surface area contributed by atoms with Crippen LogP contribution in [0.25, 0.3) is 0 Å². The molecule has 2 aromatic rings. The van der Waals surface area contributed by atoms with E-state index in [0.717, 1.165) is 23.5 Å². The lowest BCUT2D eigenvalue weighted by atomic mass is 10.2. The van der Waals surface area contributed by atoms with Gasteiger partial charge >= 0.3 is 6.09 Å². The van der Waals surface area contributed by atoms with Crippen LogP contribution >= 0.6 is 11.3 Å². The lowest BCUT2D eigenvalue weighted by Crippen LogP contribution is -2.36. The van der Waals surface area contributed by atoms with Crippen LogP contribution in [0.4, 0.5) is 15.6 Å². The zero-order valence-corrected chi connectivity index (χ0v) is 16.1. The molecular formula is C18H22N4O4S. The van der Waals surface area contributed by atoms with Crippen LogP contribution in [0.5, 0.6) is 5.75 Å². The second-order valence-corrected chi connectivity index (χ2v) is 7.06. The summed E-state index contributed by atoms with van der Waals surface area (Å²) in [7, 11) is 1.59. The Bertz CT molecular complexity index is 823. The first-order valence-electron chi connectivity index (χ1n) is 8.66. The van der Waals surface area contributed by atoms with Crippen molar-refractivity contribution in [2.24, 2.45) is 0 Å². The molecule has 0 atom stereocenters. The van der Waals surface area contributed by atoms with E-state index in [-0.39, 0.29) is 12.5 Å². The zero-order chi connectivity index (χ0) is 19.2. The highest BCUT2D eigenvalue weighted by Crippen LogP contribution is 2.28. The molecular weight excluding hydrogens is 368 g/mol. The maximum Gasteiger partial charge on any atom is 0.413 e. The predicted molar refractivity (Wildman–Crippen MR) is 103 cm³/mol. The number of aromatic nitrogens is 1. The number of fused-ring (bicyclic) bond motifs is 1. The Morgan fingerprint density at radius 1 is 1.33 bits per heavy atom. The number of rotatable bonds is 6. The molecule has 0 fully saturated rings. The molecule has 2 heterocycles. The fourth-order valence-corrected chi connectivity index (χ4v) is 3.83. The van der Waals surface area contributed by atoms with E-state index in [9.17, 15) is 9.59 Å². The van der Waals surface area contributed by atoms with Gasteiger partial charge in [-0.15, -0.1) is 0 Å². The number of hydrogen-bond acceptors (Lipinski definition) is 7. The van der Waals surface area contributed by atoms with E-state index < -0.39 is 6.09 Å². The molecule has 9 heteroatoms. The molecule has 27 heavy (non-hydrogen) atoms. The van der Waals surface area contributed by atoms with Gasteiger partial charge in [0.05, 0.1) is 26.0 Å². The molecule has 0 bridgehead atoms. The quantitative estimate of drug-likeness (QED) is 0.788. The zero-order valence-electron chi connectivity index (χ0n) is 15.3. The van der Waals surface area contributed by atoms with Gasteiger partial charge in [-0.1, -0.05) is 17.4 Å². The van der Waals surface area contributed by atoms with Crippen molar-refractivity contribution in [3.8, 4) is 5.75 Å². The minimum atomic E-state index is -0.502. The summed E-state index contributed by atoms with van der Waals surface area (Å²) in [6.45, 7) is 3.72. The van der Waals surface area contributed by atoms with Gasteiger partial charge in [0.15, 0.2) is 5.13 Å². The van der Waals surface area contributed by atoms with Crippen molar-refractivity contribution in [3.05, 3.63) is 34.8 Å². The molecule has 0 saturated carbocycles. The average Bonchev–Trinajstić information content (AvgIpc) is 3.03. The number of carbonyl (C=O) groups excluding carboxylic acids is 2. The maximum absolute atomic E-state index is 12.3. The fourth-order valence-electron chi connectivity index (χ4n) is 2.80. The summed E-state index contributed by atoms with van der Waals surface area (Å²) in [4.78, 5) is 31.4. The van der Waals surface area contributed by atoms with Crippen molar-refractivity contribution in [2.45, 2.75) is 19.9 Å². The summed E-state index contributed by atoms with van der Waals surface area (Å²) in [6.07, 6.45) is 0.237. The second-order valence-electron chi connectivity index (χ2n) is 5.98. The Morgan fingerprint density at radius 2 is 2.19 bits per heavy atom. The maximum atomic E-state index is 12.3. The molecule has 1 aliphatic rings. The number of anilines is 2. The fraction of sp³-hybridized carbons (Fsp3) is 0.389. The number of methoxy groups -OCH3 is 1. The van der Waals surface area contributed by atoms with Gasteiger partial charge in [0.2, 0.25) is 5.91 Å². The Labute approximate surface area is 161 Å². The molecule has 0 unspecified atom stereocenters. The predicted octanol–water partition coefficient (Wildman–Crippen LogP) is 2.72. The van der Waals surface area contributed by atoms with E-state index in [0.29, 0.717) is 29.7 Å². The standard InChI is InChI=1S/C18H22N4O4S/c1-3-26-18(24)21-17-20-14-7-8-22(10-15(14)27-17)11-16(23)19-12-5-4-6-13(9-12)25-2/h4-6,9H,3,7-8,10-11H2,1-2H3,(H,19,23)(H,20,21,24). The van der Waals surface area contributed by atoms with Gasteiger partial charge in [0.25, 0.3) is 0 Å². The molecule has 1 aromatic heterocycles. The number of nitrogens with one attached hydrogen (secondary N) is 2. The molecule has 1 aromatic carbocycles. The topological polar surface area (TPSA) is 92.8 Å². The average molecular weight is 390 g/mol. The van der Waals surface area contributed by atoms with E-state index in [1.807, 2.05) is 18.2 Å². The molecule has 3 rings (SSSR count). The van der Waals surface area contributed by atoms with E-state index in [2.05, 4.69) is 20.5 Å². The number of ether oxygens (including phenoxy) is 2. The molecule has 0 spiro atoms. The number of carbonyl (C=O) groups is 2. The van der Waals surface area contributed by atoms with Crippen molar-refractivity contribution in [1.82, 2.24) is 9.88 Å². The SMILES string of the molecule is CCOC(=O)Nc1nc2c(s1)CN(CC(=O)Nc1cccc(OC)c1)CC2. The third kappa shape index (κ3) is 5.18. The van der Waals surface area contributed by atoms with E-state index in [1.54, 1.807) is 20.1 Å². The largest absolute Gasteiger partial charge is 0.497 e. The van der Waals surface area contributed by atoms with Crippen LogP contribution in [0.2, 0.25) is 0 Å². The molecule has 0 radical (unpaired) electrons. The number of thiazole rings is 1. The van der Waals surface area contributed by atoms with Gasteiger partial charge in [-0.3, -0.25) is 15.0 Å². The highest BCUT2D eigenvalue weighted by atomic mass is 32.1. The van der Waals surface area contributed by atoms with E-state index in [4.69, 9.17) is 9.47 Å². The Morgan fingerprint density at radius 3 is 2.96 bits per heavy atom. The minimum Gasteiger partial charge on any atom is -0.497 e. The van der Waals surface area contributed by atoms with Crippen LogP contribution in [0.3, 0.4) is 0 Å². The lowest BCUT2D eigenvalue weighted by molar-refractivity contribution is -0.117. The Hall–Kier alpha value is -2.65. The molecule has 2 amide bonds. The number of amides is 2. The molecule has 8 nitrogen and oxygen atoms in total. The molecule has 0 saturated heterocycles. The van der Waals surface area contributed by atoms with Gasteiger partial charge < -0.3 is 14.8 Å². The van der Waals surface area contributed by atoms with E-state index in [1.165, 1.54) is 11.3 Å². The molecule has 2 N–H and O–H groups in total. The smallest absolute Gasteiger partial charge is 0.413 e. The number of benzene rings is 1. The van der Waals surface area contributed by atoms with Gasteiger partial charge in [-0.25, -0.2) is 9.78 Å². The van der Waals surface area contributed by atoms with Crippen molar-refractivity contribution >= 4 is 34.2 Å². The van der Waals surface area contributed by atoms with Crippen LogP contribution in [-0.4, -0.2) is 48.7 Å². The van der Waals surface area contributed by atoms with Gasteiger partial charge in [0.1, 0.15) is 5.75 Å². The summed E-state index contributed by atoms with van der Waals surface area (Å²) >= 11 is 1.42. The van der Waals surface area contributed by atoms with Gasteiger partial charge in [0, 0.05) is 36.1 Å². The molecule has 1 aliphatic heterocycles. The summed E-state index contributed by atoms with van der Waals surface area (Å²) in [5.74, 6) is 0.614. The molecule has 0 aliphatic carbocycles. The normalized spacial score (nSPS) is 13.6. The minimum absolute atomic E-state index is 0.0823. The van der Waals surface area contributed by atoms with Crippen molar-refractivity contribution in [3.63, 3.8) is 0 Å². The van der Waals surface area contributed by atoms with Crippen LogP contribution in [0.1, 0.15) is 17.5 Å². The summed E-state index contributed by atoms with van der Waals surface area (Å²) in [5.41, 5.74) is 1.67. The van der Waals surface area contributed by atoms with Crippen LogP contribution in [-0.2, 0) is 22.5 Å². The number of hydrogen-bond donors (Lipinski definition) is 2. The highest BCUT2D eigenvalue weighted by molar-refractivity contribution is 7.15. The van der Waals surface area contributed by atoms with Gasteiger partial charge in [-0.2, -0.15) is 0 Å². The van der Waals surface area contributed by atoms with Crippen molar-refractivity contribution in [2.75, 3.05) is 37.4 Å². The van der Waals surface area contributed by atoms with Crippen molar-refractivity contribution < 1.29 is 19.1 Å². The van der Waals surface area contributed by atoms with Gasteiger partial charge in [-0.05, 0) is 19.1 Å². The van der Waals surface area contributed by atoms with Crippen LogP contribution < -0.4 is 15.4 Å². The first kappa shape index (κ1) is 19.1. The van der Waals surface area contributed by atoms with E-state index >= 15 is 0 Å². The monoisotopic (exact) mass is 390 g/mol. The first-order chi connectivity index (χ1) is 13.1. The first-order valence-corrected chi connectivity index (χ1v) is 9.47. The lowest BCUT2D eigenvalue weighted by Gasteiger charge is -2.25. The summed E-state index contributed by atoms with van der Waals surface area (Å²) in [5, 5.41) is 6.05.